The Morgan fingerprint density at radius 2 is 2.18 bits per heavy atom. The van der Waals surface area contributed by atoms with Crippen LogP contribution in [0.2, 0.25) is 0 Å². The lowest BCUT2D eigenvalue weighted by Gasteiger charge is -2.18. The van der Waals surface area contributed by atoms with Gasteiger partial charge < -0.3 is 10.1 Å². The number of esters is 1. The lowest BCUT2D eigenvalue weighted by molar-refractivity contribution is -0.141. The average Bonchev–Trinajstić information content (AvgIpc) is 2.79. The molecule has 0 amide bonds. The largest absolute Gasteiger partial charge is 0.469 e. The van der Waals surface area contributed by atoms with E-state index in [-0.39, 0.29) is 24.2 Å². The standard InChI is InChI=1S/C12H17NO3S/c1-8(2)13-9(7-11(14)16-3)12(15)10-5-4-6-17-10/h4-6,8-9,13H,7H2,1-3H3. The summed E-state index contributed by atoms with van der Waals surface area (Å²) in [5.41, 5.74) is 0. The normalized spacial score (nSPS) is 12.5. The molecule has 0 radical (unpaired) electrons. The molecule has 5 heteroatoms. The van der Waals surface area contributed by atoms with Crippen molar-refractivity contribution in [2.75, 3.05) is 7.11 Å². The van der Waals surface area contributed by atoms with Crippen molar-refractivity contribution in [3.05, 3.63) is 22.4 Å². The summed E-state index contributed by atoms with van der Waals surface area (Å²) in [7, 11) is 1.32. The summed E-state index contributed by atoms with van der Waals surface area (Å²) in [6.07, 6.45) is 0.0609. The van der Waals surface area contributed by atoms with Crippen molar-refractivity contribution < 1.29 is 14.3 Å². The molecule has 94 valence electrons. The van der Waals surface area contributed by atoms with Crippen molar-refractivity contribution in [3.63, 3.8) is 0 Å². The Labute approximate surface area is 105 Å². The number of thiophene rings is 1. The monoisotopic (exact) mass is 255 g/mol. The molecular weight excluding hydrogens is 238 g/mol. The van der Waals surface area contributed by atoms with E-state index in [1.165, 1.54) is 18.4 Å². The van der Waals surface area contributed by atoms with Gasteiger partial charge in [0.15, 0.2) is 5.78 Å². The molecule has 0 saturated carbocycles. The second kappa shape index (κ2) is 6.51. The van der Waals surface area contributed by atoms with Gasteiger partial charge in [-0.15, -0.1) is 11.3 Å². The molecule has 1 unspecified atom stereocenters. The van der Waals surface area contributed by atoms with Crippen molar-refractivity contribution in [1.29, 1.82) is 0 Å². The molecule has 1 atom stereocenters. The highest BCUT2D eigenvalue weighted by Crippen LogP contribution is 2.13. The maximum absolute atomic E-state index is 12.1. The van der Waals surface area contributed by atoms with Gasteiger partial charge in [0.1, 0.15) is 0 Å². The highest BCUT2D eigenvalue weighted by Gasteiger charge is 2.24. The molecule has 0 aliphatic rings. The summed E-state index contributed by atoms with van der Waals surface area (Å²) in [4.78, 5) is 24.1. The third-order valence-electron chi connectivity index (χ3n) is 2.21. The van der Waals surface area contributed by atoms with Crippen LogP contribution in [0.1, 0.15) is 29.9 Å². The molecule has 17 heavy (non-hydrogen) atoms. The van der Waals surface area contributed by atoms with Gasteiger partial charge in [-0.2, -0.15) is 0 Å². The van der Waals surface area contributed by atoms with Gasteiger partial charge in [0.05, 0.1) is 24.4 Å². The first-order valence-electron chi connectivity index (χ1n) is 5.45. The summed E-state index contributed by atoms with van der Waals surface area (Å²) in [5, 5.41) is 4.93. The summed E-state index contributed by atoms with van der Waals surface area (Å²) in [6.45, 7) is 3.87. The van der Waals surface area contributed by atoms with Crippen molar-refractivity contribution in [3.8, 4) is 0 Å². The van der Waals surface area contributed by atoms with E-state index in [0.29, 0.717) is 4.88 Å². The molecule has 4 nitrogen and oxygen atoms in total. The molecule has 0 spiro atoms. The maximum atomic E-state index is 12.1. The fraction of sp³-hybridized carbons (Fsp3) is 0.500. The zero-order valence-electron chi connectivity index (χ0n) is 10.2. The van der Waals surface area contributed by atoms with Crippen LogP contribution in [0.25, 0.3) is 0 Å². The van der Waals surface area contributed by atoms with Crippen LogP contribution in [0.5, 0.6) is 0 Å². The summed E-state index contributed by atoms with van der Waals surface area (Å²) in [5.74, 6) is -0.438. The van der Waals surface area contributed by atoms with Crippen molar-refractivity contribution in [2.24, 2.45) is 0 Å². The number of hydrogen-bond donors (Lipinski definition) is 1. The lowest BCUT2D eigenvalue weighted by Crippen LogP contribution is -2.42. The van der Waals surface area contributed by atoms with Crippen LogP contribution in [-0.4, -0.2) is 30.9 Å². The average molecular weight is 255 g/mol. The first-order chi connectivity index (χ1) is 8.04. The Hall–Kier alpha value is -1.20. The zero-order valence-corrected chi connectivity index (χ0v) is 11.0. The highest BCUT2D eigenvalue weighted by atomic mass is 32.1. The first kappa shape index (κ1) is 13.9. The van der Waals surface area contributed by atoms with Crippen LogP contribution >= 0.6 is 11.3 Å². The predicted molar refractivity (Wildman–Crippen MR) is 67.3 cm³/mol. The Morgan fingerprint density at radius 3 is 2.65 bits per heavy atom. The minimum Gasteiger partial charge on any atom is -0.469 e. The van der Waals surface area contributed by atoms with Gasteiger partial charge in [-0.05, 0) is 11.4 Å². The Kier molecular flexibility index (Phi) is 5.31. The second-order valence-corrected chi connectivity index (χ2v) is 4.94. The van der Waals surface area contributed by atoms with Crippen LogP contribution in [0.3, 0.4) is 0 Å². The molecule has 1 aromatic heterocycles. The van der Waals surface area contributed by atoms with Crippen molar-refractivity contribution in [2.45, 2.75) is 32.4 Å². The molecule has 0 aliphatic carbocycles. The lowest BCUT2D eigenvalue weighted by atomic mass is 10.1. The van der Waals surface area contributed by atoms with E-state index < -0.39 is 6.04 Å². The maximum Gasteiger partial charge on any atom is 0.307 e. The predicted octanol–water partition coefficient (Wildman–Crippen LogP) is 1.86. The first-order valence-corrected chi connectivity index (χ1v) is 6.33. The Bertz CT molecular complexity index is 373. The molecule has 1 heterocycles. The third kappa shape index (κ3) is 4.28. The minimum atomic E-state index is -0.513. The number of rotatable bonds is 6. The number of carbonyl (C=O) groups is 2. The van der Waals surface area contributed by atoms with Gasteiger partial charge in [0.25, 0.3) is 0 Å². The number of carbonyl (C=O) groups excluding carboxylic acids is 2. The van der Waals surface area contributed by atoms with Gasteiger partial charge in [0, 0.05) is 6.04 Å². The van der Waals surface area contributed by atoms with E-state index in [0.717, 1.165) is 0 Å². The fourth-order valence-corrected chi connectivity index (χ4v) is 2.19. The smallest absolute Gasteiger partial charge is 0.307 e. The SMILES string of the molecule is COC(=O)CC(NC(C)C)C(=O)c1cccs1. The fourth-order valence-electron chi connectivity index (χ4n) is 1.47. The number of hydrogen-bond acceptors (Lipinski definition) is 5. The third-order valence-corrected chi connectivity index (χ3v) is 3.10. The van der Waals surface area contributed by atoms with E-state index >= 15 is 0 Å². The van der Waals surface area contributed by atoms with Crippen LogP contribution < -0.4 is 5.32 Å². The van der Waals surface area contributed by atoms with E-state index in [1.807, 2.05) is 25.3 Å². The van der Waals surface area contributed by atoms with Crippen molar-refractivity contribution in [1.82, 2.24) is 5.32 Å². The van der Waals surface area contributed by atoms with Gasteiger partial charge >= 0.3 is 5.97 Å². The number of Topliss-reactive ketones (excluding diaryl/α,β-unsaturated/α-hetero) is 1. The topological polar surface area (TPSA) is 55.4 Å². The van der Waals surface area contributed by atoms with Gasteiger partial charge in [-0.3, -0.25) is 9.59 Å². The molecular formula is C12H17NO3S. The minimum absolute atomic E-state index is 0.0564. The Morgan fingerprint density at radius 1 is 1.47 bits per heavy atom. The number of ether oxygens (including phenoxy) is 1. The molecule has 1 N–H and O–H groups in total. The van der Waals surface area contributed by atoms with Crippen LogP contribution in [0.15, 0.2) is 17.5 Å². The van der Waals surface area contributed by atoms with E-state index in [9.17, 15) is 9.59 Å². The molecule has 0 aromatic carbocycles. The number of nitrogens with one attached hydrogen (secondary N) is 1. The molecule has 0 bridgehead atoms. The molecule has 0 saturated heterocycles. The summed E-state index contributed by atoms with van der Waals surface area (Å²) in [6, 6.07) is 3.21. The van der Waals surface area contributed by atoms with Crippen molar-refractivity contribution >= 4 is 23.1 Å². The molecule has 0 aliphatic heterocycles. The second-order valence-electron chi connectivity index (χ2n) is 4.00. The number of ketones is 1. The van der Waals surface area contributed by atoms with E-state index in [1.54, 1.807) is 6.07 Å². The van der Waals surface area contributed by atoms with E-state index in [2.05, 4.69) is 10.1 Å². The van der Waals surface area contributed by atoms with E-state index in [4.69, 9.17) is 0 Å². The van der Waals surface area contributed by atoms with Gasteiger partial charge in [-0.1, -0.05) is 19.9 Å². The van der Waals surface area contributed by atoms with Crippen LogP contribution in [0, 0.1) is 0 Å². The number of methoxy groups -OCH3 is 1. The zero-order chi connectivity index (χ0) is 12.8. The summed E-state index contributed by atoms with van der Waals surface area (Å²) >= 11 is 1.38. The quantitative estimate of drug-likeness (QED) is 0.622. The molecule has 0 fully saturated rings. The van der Waals surface area contributed by atoms with Crippen LogP contribution in [0.4, 0.5) is 0 Å². The molecule has 1 aromatic rings. The van der Waals surface area contributed by atoms with Gasteiger partial charge in [-0.25, -0.2) is 0 Å². The van der Waals surface area contributed by atoms with Gasteiger partial charge in [0.2, 0.25) is 0 Å². The molecule has 1 rings (SSSR count). The summed E-state index contributed by atoms with van der Waals surface area (Å²) < 4.78 is 4.60. The Balaban J connectivity index is 2.75. The highest BCUT2D eigenvalue weighted by molar-refractivity contribution is 7.12. The van der Waals surface area contributed by atoms with Crippen LogP contribution in [-0.2, 0) is 9.53 Å².